The number of ether oxygens (including phenoxy) is 2. The van der Waals surface area contributed by atoms with Gasteiger partial charge in [0.25, 0.3) is 5.72 Å². The van der Waals surface area contributed by atoms with E-state index in [-0.39, 0.29) is 11.6 Å². The number of aliphatic hydroxyl groups excluding tert-OH is 2. The molecule has 0 saturated carbocycles. The lowest BCUT2D eigenvalue weighted by Gasteiger charge is -2.26. The fourth-order valence-corrected chi connectivity index (χ4v) is 5.01. The average Bonchev–Trinajstić information content (AvgIpc) is 3.13. The van der Waals surface area contributed by atoms with Crippen molar-refractivity contribution in [2.75, 3.05) is 12.1 Å². The van der Waals surface area contributed by atoms with E-state index in [0.717, 1.165) is 12.3 Å². The number of hydrogen-bond donors (Lipinski definition) is 5. The molecular weight excluding hydrogens is 525 g/mol. The van der Waals surface area contributed by atoms with Crippen LogP contribution in [0.3, 0.4) is 0 Å². The van der Waals surface area contributed by atoms with Crippen molar-refractivity contribution >= 4 is 19.5 Å². The number of rotatable bonds is 11. The zero-order valence-corrected chi connectivity index (χ0v) is 21.5. The lowest BCUT2D eigenvalue weighted by Crippen LogP contribution is -2.49. The number of aromatic nitrogens is 2. The largest absolute Gasteiger partial charge is 0.462 e. The first-order chi connectivity index (χ1) is 17.9. The molecule has 2 heterocycles. The number of para-hydroxylation sites is 1. The van der Waals surface area contributed by atoms with Crippen LogP contribution >= 0.6 is 7.75 Å². The van der Waals surface area contributed by atoms with Gasteiger partial charge in [0.2, 0.25) is 0 Å². The van der Waals surface area contributed by atoms with Crippen LogP contribution in [0.5, 0.6) is 5.75 Å². The number of esters is 1. The van der Waals surface area contributed by atoms with Gasteiger partial charge in [0, 0.05) is 6.20 Å². The number of nitrogens with one attached hydrogen (secondary N) is 2. The maximum absolute atomic E-state index is 13.6. The highest BCUT2D eigenvalue weighted by molar-refractivity contribution is 7.52. The number of carbonyl (C=O) groups excluding carboxylic acids is 1. The van der Waals surface area contributed by atoms with Gasteiger partial charge < -0.3 is 24.2 Å². The summed E-state index contributed by atoms with van der Waals surface area (Å²) in [6, 6.07) is 9.54. The number of aliphatic hydroxyl groups is 2. The summed E-state index contributed by atoms with van der Waals surface area (Å²) in [5, 5.41) is 42.5. The summed E-state index contributed by atoms with van der Waals surface area (Å²) in [7, 11) is -4.36. The molecule has 5 N–H and O–H groups in total. The lowest BCUT2D eigenvalue weighted by atomic mass is 10.0. The second-order valence-corrected chi connectivity index (χ2v) is 10.2. The summed E-state index contributed by atoms with van der Waals surface area (Å²) in [5.74, 6) is -0.839. The molecule has 2 aromatic rings. The maximum Gasteiger partial charge on any atom is 0.459 e. The van der Waals surface area contributed by atoms with Gasteiger partial charge in [-0.2, -0.15) is 15.3 Å². The molecule has 3 rings (SSSR count). The minimum Gasteiger partial charge on any atom is -0.462 e. The van der Waals surface area contributed by atoms with Gasteiger partial charge in [-0.25, -0.2) is 9.36 Å². The lowest BCUT2D eigenvalue weighted by molar-refractivity contribution is -0.149. The molecule has 1 aliphatic rings. The Bertz CT molecular complexity index is 1270. The van der Waals surface area contributed by atoms with Crippen LogP contribution in [0.25, 0.3) is 0 Å². The van der Waals surface area contributed by atoms with E-state index < -0.39 is 62.2 Å². The van der Waals surface area contributed by atoms with Crippen molar-refractivity contribution in [3.63, 3.8) is 0 Å². The molecule has 38 heavy (non-hydrogen) atoms. The van der Waals surface area contributed by atoms with E-state index in [1.165, 1.54) is 19.1 Å². The molecular formula is C22H28N5O10P. The first-order valence-electron chi connectivity index (χ1n) is 11.4. The zero-order valence-electron chi connectivity index (χ0n) is 20.6. The average molecular weight is 553 g/mol. The molecule has 6 unspecified atom stereocenters. The van der Waals surface area contributed by atoms with E-state index in [9.17, 15) is 29.6 Å². The van der Waals surface area contributed by atoms with E-state index in [1.807, 2.05) is 0 Å². The van der Waals surface area contributed by atoms with Crippen LogP contribution in [-0.4, -0.2) is 68.0 Å². The fraction of sp³-hybridized carbons (Fsp3) is 0.455. The molecule has 16 heteroatoms. The highest BCUT2D eigenvalue weighted by Gasteiger charge is 2.57. The number of nitriles is 1. The molecule has 0 bridgehead atoms. The minimum absolute atomic E-state index is 0.127. The van der Waals surface area contributed by atoms with Gasteiger partial charge in [0.15, 0.2) is 5.82 Å². The number of carbonyl (C=O) groups is 1. The Hall–Kier alpha value is -3.35. The van der Waals surface area contributed by atoms with Gasteiger partial charge in [0.1, 0.15) is 36.2 Å². The highest BCUT2D eigenvalue weighted by Crippen LogP contribution is 2.46. The SMILES string of the molecule is CC(C)OC(=O)C(C)NP(=O)(OCC1OC(C#N)(n2ccc(NO)nc2=O)C(O)C1O)Oc1ccccc1. The molecule has 0 amide bonds. The topological polar surface area (TPSA) is 214 Å². The van der Waals surface area contributed by atoms with Gasteiger partial charge >= 0.3 is 19.4 Å². The number of nitrogens with zero attached hydrogens (tertiary/aromatic N) is 3. The van der Waals surface area contributed by atoms with Crippen molar-refractivity contribution in [2.24, 2.45) is 0 Å². The first kappa shape index (κ1) is 29.2. The van der Waals surface area contributed by atoms with Crippen molar-refractivity contribution in [3.8, 4) is 11.8 Å². The number of hydrogen-bond acceptors (Lipinski definition) is 13. The summed E-state index contributed by atoms with van der Waals surface area (Å²) < 4.78 is 35.9. The van der Waals surface area contributed by atoms with Gasteiger partial charge in [-0.1, -0.05) is 18.2 Å². The Balaban J connectivity index is 1.84. The van der Waals surface area contributed by atoms with Crippen LogP contribution in [0.1, 0.15) is 20.8 Å². The van der Waals surface area contributed by atoms with E-state index in [1.54, 1.807) is 43.6 Å². The van der Waals surface area contributed by atoms with Crippen molar-refractivity contribution in [1.82, 2.24) is 14.6 Å². The number of anilines is 1. The molecule has 1 fully saturated rings. The molecule has 1 aromatic heterocycles. The van der Waals surface area contributed by atoms with E-state index in [0.29, 0.717) is 4.57 Å². The summed E-state index contributed by atoms with van der Waals surface area (Å²) in [5.41, 5.74) is -1.85. The smallest absolute Gasteiger partial charge is 0.459 e. The van der Waals surface area contributed by atoms with Gasteiger partial charge in [0.05, 0.1) is 12.7 Å². The van der Waals surface area contributed by atoms with Gasteiger partial charge in [-0.15, -0.1) is 0 Å². The maximum atomic E-state index is 13.6. The molecule has 0 spiro atoms. The van der Waals surface area contributed by atoms with Crippen molar-refractivity contribution in [2.45, 2.75) is 57.0 Å². The Labute approximate surface area is 217 Å². The summed E-state index contributed by atoms with van der Waals surface area (Å²) in [4.78, 5) is 28.2. The molecule has 1 aromatic carbocycles. The second-order valence-electron chi connectivity index (χ2n) is 8.51. The predicted molar refractivity (Wildman–Crippen MR) is 129 cm³/mol. The van der Waals surface area contributed by atoms with Gasteiger partial charge in [-0.3, -0.25) is 24.6 Å². The van der Waals surface area contributed by atoms with Crippen LogP contribution in [0.4, 0.5) is 5.82 Å². The predicted octanol–water partition coefficient (Wildman–Crippen LogP) is 0.475. The fourth-order valence-electron chi connectivity index (χ4n) is 3.51. The van der Waals surface area contributed by atoms with E-state index in [2.05, 4.69) is 10.1 Å². The van der Waals surface area contributed by atoms with Crippen LogP contribution in [0.2, 0.25) is 0 Å². The molecule has 1 saturated heterocycles. The van der Waals surface area contributed by atoms with Gasteiger partial charge in [-0.05, 0) is 39.0 Å². The Morgan fingerprint density at radius 2 is 1.97 bits per heavy atom. The molecule has 0 radical (unpaired) electrons. The molecule has 0 aliphatic carbocycles. The van der Waals surface area contributed by atoms with Crippen molar-refractivity contribution in [3.05, 3.63) is 53.1 Å². The summed E-state index contributed by atoms with van der Waals surface area (Å²) in [6.07, 6.45) is -4.66. The first-order valence-corrected chi connectivity index (χ1v) is 12.9. The standard InChI is InChI=1S/C22H28N5O10P/c1-13(2)35-20(30)14(3)26-38(33,37-15-7-5-4-6-8-15)34-11-16-18(28)19(29)22(12-23,36-16)27-10-9-17(25-32)24-21(27)31/h4-10,13-14,16,18-19,28-29,32H,11H2,1-3H3,(H,26,33)(H,24,25,31). The summed E-state index contributed by atoms with van der Waals surface area (Å²) >= 11 is 0. The second kappa shape index (κ2) is 12.0. The Morgan fingerprint density at radius 1 is 1.29 bits per heavy atom. The van der Waals surface area contributed by atoms with Crippen LogP contribution in [0.15, 0.2) is 47.4 Å². The van der Waals surface area contributed by atoms with E-state index >= 15 is 0 Å². The molecule has 6 atom stereocenters. The van der Waals surface area contributed by atoms with Crippen LogP contribution in [0, 0.1) is 11.3 Å². The highest BCUT2D eigenvalue weighted by atomic mass is 31.2. The van der Waals surface area contributed by atoms with Crippen molar-refractivity contribution in [1.29, 1.82) is 5.26 Å². The Kier molecular flexibility index (Phi) is 9.23. The van der Waals surface area contributed by atoms with E-state index in [4.69, 9.17) is 23.7 Å². The number of benzene rings is 1. The third-order valence-electron chi connectivity index (χ3n) is 5.31. The summed E-state index contributed by atoms with van der Waals surface area (Å²) in [6.45, 7) is 3.96. The monoisotopic (exact) mass is 553 g/mol. The Morgan fingerprint density at radius 3 is 2.55 bits per heavy atom. The normalized spacial score (nSPS) is 25.3. The molecule has 15 nitrogen and oxygen atoms in total. The van der Waals surface area contributed by atoms with Crippen LogP contribution < -0.4 is 20.8 Å². The van der Waals surface area contributed by atoms with Crippen LogP contribution in [-0.2, 0) is 29.1 Å². The zero-order chi connectivity index (χ0) is 28.1. The quantitative estimate of drug-likeness (QED) is 0.145. The molecule has 1 aliphatic heterocycles. The third kappa shape index (κ3) is 6.37. The van der Waals surface area contributed by atoms with Crippen molar-refractivity contribution < 1.29 is 43.3 Å². The third-order valence-corrected chi connectivity index (χ3v) is 6.95. The molecule has 206 valence electrons. The minimum atomic E-state index is -4.36.